The second kappa shape index (κ2) is 35.3. The molecule has 0 saturated carbocycles. The summed E-state index contributed by atoms with van der Waals surface area (Å²) >= 11 is 0. The highest BCUT2D eigenvalue weighted by atomic mass is 16.4. The van der Waals surface area contributed by atoms with Crippen LogP contribution in [0.1, 0.15) is 130 Å². The zero-order chi connectivity index (χ0) is 55.2. The van der Waals surface area contributed by atoms with Gasteiger partial charge in [0.1, 0.15) is 42.3 Å². The maximum atomic E-state index is 14.5. The molecule has 20 nitrogen and oxygen atoms in total. The number of carbonyl (C=O) groups excluding carboxylic acids is 7. The van der Waals surface area contributed by atoms with Gasteiger partial charge in [0.2, 0.25) is 41.4 Å². The van der Waals surface area contributed by atoms with Crippen molar-refractivity contribution >= 4 is 47.3 Å². The number of aliphatic carboxylic acids is 1. The predicted octanol–water partition coefficient (Wildman–Crippen LogP) is 1.80. The van der Waals surface area contributed by atoms with Crippen LogP contribution in [0.2, 0.25) is 0 Å². The lowest BCUT2D eigenvalue weighted by Crippen LogP contribution is -2.60. The monoisotopic (exact) mass is 1040 g/mol. The normalized spacial score (nSPS) is 15.0. The summed E-state index contributed by atoms with van der Waals surface area (Å²) in [4.78, 5) is 111. The van der Waals surface area contributed by atoms with E-state index >= 15 is 0 Å². The van der Waals surface area contributed by atoms with Crippen molar-refractivity contribution in [3.63, 3.8) is 0 Å². The van der Waals surface area contributed by atoms with Crippen molar-refractivity contribution in [3.05, 3.63) is 71.8 Å². The van der Waals surface area contributed by atoms with Crippen molar-refractivity contribution < 1.29 is 43.5 Å². The number of hydrogen-bond donors (Lipinski definition) is 12. The van der Waals surface area contributed by atoms with Gasteiger partial charge in [-0.05, 0) is 119 Å². The standard InChI is InChI=1S/C54H89N11O9/c1-7-36(6)46(58)53(72)60-40(25-15-18-28-56)48(67)65-45(33-38-22-12-9-13-23-38)51(70)62-42(30-34(2)3)49(68)59-39(24-14-17-27-55)47(66)64-44(32-37-20-10-8-11-21-37)52(71)63-43(31-35(4)5)50(69)61-41(54(73)74)26-16-19-29-57/h8-13,20-23,34-36,39-46H,7,14-19,24-33,55-58H2,1-6H3,(H,59,68)(H,60,72)(H,61,69)(H,62,70)(H,63,71)(H,64,66)(H,65,67)(H,73,74)/t36-,39-,40-,41-,42-,43-,44-,45-,46-/m0/s1. The van der Waals surface area contributed by atoms with Gasteiger partial charge in [-0.15, -0.1) is 0 Å². The van der Waals surface area contributed by atoms with Gasteiger partial charge in [0.15, 0.2) is 0 Å². The molecule has 0 bridgehead atoms. The molecule has 16 N–H and O–H groups in total. The Labute approximate surface area is 438 Å². The van der Waals surface area contributed by atoms with Crippen LogP contribution in [0.25, 0.3) is 0 Å². The van der Waals surface area contributed by atoms with Crippen molar-refractivity contribution in [2.75, 3.05) is 19.6 Å². The quantitative estimate of drug-likeness (QED) is 0.0430. The van der Waals surface area contributed by atoms with E-state index in [2.05, 4.69) is 37.2 Å². The molecule has 0 saturated heterocycles. The largest absolute Gasteiger partial charge is 0.480 e. The molecule has 0 radical (unpaired) electrons. The number of amides is 7. The molecule has 20 heteroatoms. The van der Waals surface area contributed by atoms with E-state index in [-0.39, 0.29) is 62.7 Å². The molecule has 0 aromatic heterocycles. The third-order valence-electron chi connectivity index (χ3n) is 12.8. The lowest BCUT2D eigenvalue weighted by molar-refractivity contribution is -0.142. The maximum Gasteiger partial charge on any atom is 0.326 e. The summed E-state index contributed by atoms with van der Waals surface area (Å²) in [5.74, 6) is -6.20. The molecule has 0 aliphatic rings. The SMILES string of the molecule is CC[C@H](C)[C@H](N)C(=O)N[C@@H](CCCCN)C(=O)N[C@@H](Cc1ccccc1)C(=O)N[C@@H](CC(C)C)C(=O)N[C@@H](CCCCN)C(=O)N[C@@H](Cc1ccccc1)C(=O)N[C@@H](CC(C)C)C(=O)N[C@@H](CCCCN)C(=O)O. The van der Waals surface area contributed by atoms with Crippen LogP contribution < -0.4 is 60.2 Å². The second-order valence-electron chi connectivity index (χ2n) is 20.2. The highest BCUT2D eigenvalue weighted by molar-refractivity contribution is 5.97. The Morgan fingerprint density at radius 3 is 1.07 bits per heavy atom. The van der Waals surface area contributed by atoms with Crippen LogP contribution in [-0.4, -0.2) is 120 Å². The minimum atomic E-state index is -1.26. The molecule has 74 heavy (non-hydrogen) atoms. The van der Waals surface area contributed by atoms with Crippen molar-refractivity contribution in [3.8, 4) is 0 Å². The van der Waals surface area contributed by atoms with Crippen molar-refractivity contribution in [1.82, 2.24) is 37.2 Å². The summed E-state index contributed by atoms with van der Waals surface area (Å²) in [5, 5.41) is 29.3. The molecule has 0 aliphatic heterocycles. The van der Waals surface area contributed by atoms with E-state index in [0.717, 1.165) is 0 Å². The summed E-state index contributed by atoms with van der Waals surface area (Å²) in [5.41, 5.74) is 24.8. The summed E-state index contributed by atoms with van der Waals surface area (Å²) in [6.45, 7) is 12.2. The van der Waals surface area contributed by atoms with Crippen LogP contribution in [0.15, 0.2) is 60.7 Å². The topological polar surface area (TPSA) is 345 Å². The number of carbonyl (C=O) groups is 8. The molecule has 2 aromatic carbocycles. The molecule has 9 atom stereocenters. The molecule has 0 aliphatic carbocycles. The fourth-order valence-electron chi connectivity index (χ4n) is 8.21. The number of carboxylic acid groups (broad SMARTS) is 1. The Kier molecular flexibility index (Phi) is 30.6. The third kappa shape index (κ3) is 24.4. The highest BCUT2D eigenvalue weighted by Crippen LogP contribution is 2.14. The molecular weight excluding hydrogens is 947 g/mol. The summed E-state index contributed by atoms with van der Waals surface area (Å²) in [6.07, 6.45) is 4.52. The van der Waals surface area contributed by atoms with Crippen LogP contribution in [0.3, 0.4) is 0 Å². The van der Waals surface area contributed by atoms with Gasteiger partial charge < -0.3 is 65.3 Å². The molecular formula is C54H89N11O9. The van der Waals surface area contributed by atoms with Gasteiger partial charge in [0.05, 0.1) is 6.04 Å². The van der Waals surface area contributed by atoms with Gasteiger partial charge in [0, 0.05) is 12.8 Å². The summed E-state index contributed by atoms with van der Waals surface area (Å²) < 4.78 is 0. The Morgan fingerprint density at radius 1 is 0.432 bits per heavy atom. The third-order valence-corrected chi connectivity index (χ3v) is 12.8. The first-order valence-electron chi connectivity index (χ1n) is 26.5. The van der Waals surface area contributed by atoms with Crippen LogP contribution in [-0.2, 0) is 51.2 Å². The fourth-order valence-corrected chi connectivity index (χ4v) is 8.21. The number of nitrogens with two attached hydrogens (primary N) is 4. The van der Waals surface area contributed by atoms with Gasteiger partial charge in [-0.2, -0.15) is 0 Å². The van der Waals surface area contributed by atoms with E-state index in [4.69, 9.17) is 22.9 Å². The van der Waals surface area contributed by atoms with Gasteiger partial charge in [-0.25, -0.2) is 4.79 Å². The second-order valence-corrected chi connectivity index (χ2v) is 20.2. The smallest absolute Gasteiger partial charge is 0.326 e. The van der Waals surface area contributed by atoms with E-state index in [1.807, 2.05) is 47.6 Å². The zero-order valence-corrected chi connectivity index (χ0v) is 44.7. The molecule has 2 aromatic rings. The average Bonchev–Trinajstić information content (AvgIpc) is 3.36. The van der Waals surface area contributed by atoms with Gasteiger partial charge in [-0.1, -0.05) is 109 Å². The van der Waals surface area contributed by atoms with E-state index < -0.39 is 95.7 Å². The number of carboxylic acids is 1. The van der Waals surface area contributed by atoms with Gasteiger partial charge in [-0.3, -0.25) is 33.6 Å². The molecule has 0 spiro atoms. The molecule has 414 valence electrons. The highest BCUT2D eigenvalue weighted by Gasteiger charge is 2.35. The minimum absolute atomic E-state index is 0.00247. The fraction of sp³-hybridized carbons (Fsp3) is 0.630. The Morgan fingerprint density at radius 2 is 0.730 bits per heavy atom. The molecule has 0 unspecified atom stereocenters. The van der Waals surface area contributed by atoms with Crippen molar-refractivity contribution in [1.29, 1.82) is 0 Å². The zero-order valence-electron chi connectivity index (χ0n) is 44.7. The Bertz CT molecular complexity index is 2030. The minimum Gasteiger partial charge on any atom is -0.480 e. The molecule has 0 fully saturated rings. The number of nitrogens with one attached hydrogen (secondary N) is 7. The van der Waals surface area contributed by atoms with E-state index in [9.17, 15) is 43.5 Å². The van der Waals surface area contributed by atoms with Crippen molar-refractivity contribution in [2.24, 2.45) is 40.7 Å². The first-order chi connectivity index (χ1) is 35.2. The van der Waals surface area contributed by atoms with E-state index in [0.29, 0.717) is 75.7 Å². The molecule has 7 amide bonds. The van der Waals surface area contributed by atoms with Gasteiger partial charge >= 0.3 is 5.97 Å². The van der Waals surface area contributed by atoms with Gasteiger partial charge in [0.25, 0.3) is 0 Å². The Balaban J connectivity index is 2.50. The Hall–Kier alpha value is -5.96. The number of hydrogen-bond acceptors (Lipinski definition) is 12. The van der Waals surface area contributed by atoms with Crippen LogP contribution in [0.4, 0.5) is 0 Å². The lowest BCUT2D eigenvalue weighted by Gasteiger charge is -2.29. The van der Waals surface area contributed by atoms with Crippen molar-refractivity contribution in [2.45, 2.75) is 180 Å². The van der Waals surface area contributed by atoms with Crippen LogP contribution in [0.5, 0.6) is 0 Å². The molecule has 0 heterocycles. The summed E-state index contributed by atoms with van der Waals surface area (Å²) in [7, 11) is 0. The lowest BCUT2D eigenvalue weighted by atomic mass is 9.98. The summed E-state index contributed by atoms with van der Waals surface area (Å²) in [6, 6.07) is 8.75. The maximum absolute atomic E-state index is 14.5. The average molecular weight is 1040 g/mol. The number of benzene rings is 2. The molecule has 2 rings (SSSR count). The van der Waals surface area contributed by atoms with E-state index in [1.165, 1.54) is 0 Å². The first kappa shape index (κ1) is 64.2. The first-order valence-corrected chi connectivity index (χ1v) is 26.5. The number of rotatable bonds is 37. The van der Waals surface area contributed by atoms with Crippen LogP contribution >= 0.6 is 0 Å². The number of unbranched alkanes of at least 4 members (excludes halogenated alkanes) is 3. The predicted molar refractivity (Wildman–Crippen MR) is 286 cm³/mol. The van der Waals surface area contributed by atoms with E-state index in [1.54, 1.807) is 54.6 Å². The van der Waals surface area contributed by atoms with Crippen LogP contribution in [0, 0.1) is 17.8 Å².